The number of anilines is 1. The van der Waals surface area contributed by atoms with Gasteiger partial charge in [-0.3, -0.25) is 0 Å². The molecule has 92 valence electrons. The van der Waals surface area contributed by atoms with E-state index in [1.54, 1.807) is 0 Å². The van der Waals surface area contributed by atoms with E-state index in [1.165, 1.54) is 11.7 Å². The van der Waals surface area contributed by atoms with Crippen LogP contribution in [0, 0.1) is 0 Å². The summed E-state index contributed by atoms with van der Waals surface area (Å²) in [6, 6.07) is 0. The first-order chi connectivity index (χ1) is 7.22. The number of ether oxygens (including phenoxy) is 1. The molecule has 2 N–H and O–H groups in total. The zero-order valence-electron chi connectivity index (χ0n) is 9.30. The van der Waals surface area contributed by atoms with Crippen LogP contribution >= 0.6 is 0 Å². The molecule has 0 unspecified atom stereocenters. The Balaban J connectivity index is 2.89. The molecule has 0 fully saturated rings. The van der Waals surface area contributed by atoms with Crippen molar-refractivity contribution in [3.05, 3.63) is 5.69 Å². The van der Waals surface area contributed by atoms with Gasteiger partial charge in [-0.15, -0.1) is 0 Å². The lowest BCUT2D eigenvalue weighted by atomic mass is 10.1. The van der Waals surface area contributed by atoms with E-state index in [0.717, 1.165) is 0 Å². The minimum absolute atomic E-state index is 0.0365. The van der Waals surface area contributed by atoms with Crippen molar-refractivity contribution in [3.63, 3.8) is 0 Å². The average molecular weight is 237 g/mol. The molecular weight excluding hydrogens is 223 g/mol. The highest BCUT2D eigenvalue weighted by Gasteiger charge is 2.30. The molecule has 16 heavy (non-hydrogen) atoms. The van der Waals surface area contributed by atoms with Crippen LogP contribution in [0.3, 0.4) is 0 Å². The summed E-state index contributed by atoms with van der Waals surface area (Å²) < 4.78 is 41.8. The molecule has 0 saturated heterocycles. The Bertz CT molecular complexity index is 371. The monoisotopic (exact) mass is 237 g/mol. The van der Waals surface area contributed by atoms with E-state index in [1.807, 2.05) is 13.8 Å². The Morgan fingerprint density at radius 2 is 2.00 bits per heavy atom. The third-order valence-corrected chi connectivity index (χ3v) is 1.98. The zero-order valence-corrected chi connectivity index (χ0v) is 9.30. The highest BCUT2D eigenvalue weighted by molar-refractivity contribution is 5.54. The molecule has 1 aromatic rings. The highest BCUT2D eigenvalue weighted by Crippen LogP contribution is 2.30. The van der Waals surface area contributed by atoms with Crippen LogP contribution in [-0.2, 0) is 7.05 Å². The highest BCUT2D eigenvalue weighted by atomic mass is 19.4. The van der Waals surface area contributed by atoms with Crippen molar-refractivity contribution in [2.75, 3.05) is 12.3 Å². The number of hydrogen-bond donors (Lipinski definition) is 1. The predicted molar refractivity (Wildman–Crippen MR) is 53.3 cm³/mol. The van der Waals surface area contributed by atoms with Crippen LogP contribution in [0.25, 0.3) is 0 Å². The second-order valence-corrected chi connectivity index (χ2v) is 3.79. The molecule has 0 aliphatic heterocycles. The summed E-state index contributed by atoms with van der Waals surface area (Å²) in [7, 11) is 1.49. The van der Waals surface area contributed by atoms with Crippen LogP contribution in [0.1, 0.15) is 25.5 Å². The Morgan fingerprint density at radius 3 is 2.38 bits per heavy atom. The maximum Gasteiger partial charge on any atom is 0.422 e. The van der Waals surface area contributed by atoms with Gasteiger partial charge >= 0.3 is 6.18 Å². The number of nitrogens with zero attached hydrogens (tertiary/aromatic N) is 2. The van der Waals surface area contributed by atoms with Gasteiger partial charge in [-0.25, -0.2) is 4.68 Å². The maximum absolute atomic E-state index is 12.0. The van der Waals surface area contributed by atoms with Crippen LogP contribution < -0.4 is 10.5 Å². The molecule has 0 amide bonds. The topological polar surface area (TPSA) is 53.1 Å². The Kier molecular flexibility index (Phi) is 3.35. The Labute approximate surface area is 91.2 Å². The summed E-state index contributed by atoms with van der Waals surface area (Å²) in [5, 5.41) is 4.01. The second-order valence-electron chi connectivity index (χ2n) is 3.79. The summed E-state index contributed by atoms with van der Waals surface area (Å²) >= 11 is 0. The number of nitrogen functional groups attached to an aromatic ring is 1. The van der Waals surface area contributed by atoms with E-state index in [9.17, 15) is 13.2 Å². The fourth-order valence-corrected chi connectivity index (χ4v) is 1.29. The molecule has 0 aliphatic rings. The zero-order chi connectivity index (χ0) is 12.5. The lowest BCUT2D eigenvalue weighted by Crippen LogP contribution is -2.20. The number of aromatic nitrogens is 2. The summed E-state index contributed by atoms with van der Waals surface area (Å²) in [6.45, 7) is 2.34. The third-order valence-electron chi connectivity index (χ3n) is 1.98. The van der Waals surface area contributed by atoms with Gasteiger partial charge < -0.3 is 10.5 Å². The standard InChI is InChI=1S/C9H14F3N3O/c1-5(2)7-6(13)8(15(3)14-7)16-4-9(10,11)12/h5H,4,13H2,1-3H3. The number of nitrogens with two attached hydrogens (primary N) is 1. The van der Waals surface area contributed by atoms with Gasteiger partial charge in [0.15, 0.2) is 6.61 Å². The molecule has 4 nitrogen and oxygen atoms in total. The minimum atomic E-state index is -4.38. The summed E-state index contributed by atoms with van der Waals surface area (Å²) in [5.74, 6) is -0.00420. The molecule has 1 rings (SSSR count). The van der Waals surface area contributed by atoms with E-state index in [4.69, 9.17) is 5.73 Å². The van der Waals surface area contributed by atoms with Crippen molar-refractivity contribution < 1.29 is 17.9 Å². The Morgan fingerprint density at radius 1 is 1.44 bits per heavy atom. The van der Waals surface area contributed by atoms with Gasteiger partial charge in [-0.05, 0) is 5.92 Å². The number of halogens is 3. The first-order valence-electron chi connectivity index (χ1n) is 4.74. The van der Waals surface area contributed by atoms with Crippen molar-refractivity contribution in [2.24, 2.45) is 7.05 Å². The van der Waals surface area contributed by atoms with Gasteiger partial charge in [0.1, 0.15) is 5.69 Å². The van der Waals surface area contributed by atoms with Gasteiger partial charge in [-0.2, -0.15) is 18.3 Å². The van der Waals surface area contributed by atoms with Crippen LogP contribution in [0.15, 0.2) is 0 Å². The van der Waals surface area contributed by atoms with Gasteiger partial charge in [0, 0.05) is 7.05 Å². The largest absolute Gasteiger partial charge is 0.467 e. The molecule has 0 aromatic carbocycles. The smallest absolute Gasteiger partial charge is 0.422 e. The minimum Gasteiger partial charge on any atom is -0.467 e. The van der Waals surface area contributed by atoms with Crippen LogP contribution in [-0.4, -0.2) is 22.6 Å². The fourth-order valence-electron chi connectivity index (χ4n) is 1.29. The van der Waals surface area contributed by atoms with Crippen molar-refractivity contribution in [1.29, 1.82) is 0 Å². The molecule has 7 heteroatoms. The molecular formula is C9H14F3N3O. The average Bonchev–Trinajstić information content (AvgIpc) is 2.38. The maximum atomic E-state index is 12.0. The molecule has 1 aromatic heterocycles. The molecule has 0 aliphatic carbocycles. The van der Waals surface area contributed by atoms with Gasteiger partial charge in [0.2, 0.25) is 5.88 Å². The number of aryl methyl sites for hydroxylation is 1. The van der Waals surface area contributed by atoms with E-state index in [0.29, 0.717) is 5.69 Å². The lowest BCUT2D eigenvalue weighted by molar-refractivity contribution is -0.154. The van der Waals surface area contributed by atoms with E-state index >= 15 is 0 Å². The Hall–Kier alpha value is -1.40. The predicted octanol–water partition coefficient (Wildman–Crippen LogP) is 2.07. The summed E-state index contributed by atoms with van der Waals surface area (Å²) in [5.41, 5.74) is 6.37. The molecule has 0 radical (unpaired) electrons. The fraction of sp³-hybridized carbons (Fsp3) is 0.667. The second kappa shape index (κ2) is 4.23. The summed E-state index contributed by atoms with van der Waals surface area (Å²) in [4.78, 5) is 0. The van der Waals surface area contributed by atoms with Crippen molar-refractivity contribution in [2.45, 2.75) is 25.9 Å². The lowest BCUT2D eigenvalue weighted by Gasteiger charge is -2.09. The number of rotatable bonds is 3. The molecule has 0 spiro atoms. The van der Waals surface area contributed by atoms with Crippen LogP contribution in [0.5, 0.6) is 5.88 Å². The number of alkyl halides is 3. The molecule has 0 saturated carbocycles. The van der Waals surface area contributed by atoms with Crippen molar-refractivity contribution >= 4 is 5.69 Å². The van der Waals surface area contributed by atoms with E-state index in [2.05, 4.69) is 9.84 Å². The third kappa shape index (κ3) is 2.80. The first kappa shape index (κ1) is 12.7. The van der Waals surface area contributed by atoms with Crippen LogP contribution in [0.4, 0.5) is 18.9 Å². The SMILES string of the molecule is CC(C)c1nn(C)c(OCC(F)(F)F)c1N. The molecule has 0 bridgehead atoms. The molecule has 1 heterocycles. The van der Waals surface area contributed by atoms with Crippen molar-refractivity contribution in [1.82, 2.24) is 9.78 Å². The van der Waals surface area contributed by atoms with Gasteiger partial charge in [0.05, 0.1) is 5.69 Å². The molecule has 0 atom stereocenters. The van der Waals surface area contributed by atoms with E-state index < -0.39 is 12.8 Å². The van der Waals surface area contributed by atoms with Crippen molar-refractivity contribution in [3.8, 4) is 5.88 Å². The number of hydrogen-bond acceptors (Lipinski definition) is 3. The van der Waals surface area contributed by atoms with E-state index in [-0.39, 0.29) is 17.5 Å². The van der Waals surface area contributed by atoms with Crippen LogP contribution in [0.2, 0.25) is 0 Å². The van der Waals surface area contributed by atoms with Gasteiger partial charge in [0.25, 0.3) is 0 Å². The summed E-state index contributed by atoms with van der Waals surface area (Å²) in [6.07, 6.45) is -4.38. The first-order valence-corrected chi connectivity index (χ1v) is 4.74. The van der Waals surface area contributed by atoms with Gasteiger partial charge in [-0.1, -0.05) is 13.8 Å². The quantitative estimate of drug-likeness (QED) is 0.875. The normalized spacial score (nSPS) is 12.2.